The fourth-order valence-corrected chi connectivity index (χ4v) is 6.23. The number of carbonyl (C=O) groups is 1. The Bertz CT molecular complexity index is 506. The Morgan fingerprint density at radius 2 is 1.86 bits per heavy atom. The topological polar surface area (TPSA) is 23.6 Å². The molecule has 21 heavy (non-hydrogen) atoms. The standard InChI is InChI=1S/C15H20Br2N2OS/c16-14-9-12(15(17)21-14)13(20)10-18-5-7-19(8-6-18)11-3-1-2-4-11/h9,11H,1-8,10H2. The van der Waals surface area contributed by atoms with Crippen LogP contribution in [0.1, 0.15) is 36.0 Å². The Kier molecular flexibility index (Phi) is 5.54. The first-order valence-corrected chi connectivity index (χ1v) is 9.98. The number of nitrogens with zero attached hydrogens (tertiary/aromatic N) is 2. The minimum Gasteiger partial charge on any atom is -0.298 e. The third-order valence-electron chi connectivity index (χ3n) is 4.57. The van der Waals surface area contributed by atoms with Crippen molar-refractivity contribution < 1.29 is 4.79 Å². The van der Waals surface area contributed by atoms with Crippen LogP contribution in [0, 0.1) is 0 Å². The summed E-state index contributed by atoms with van der Waals surface area (Å²) < 4.78 is 1.94. The molecule has 0 atom stereocenters. The lowest BCUT2D eigenvalue weighted by molar-refractivity contribution is 0.0775. The highest BCUT2D eigenvalue weighted by Gasteiger charge is 2.27. The molecule has 6 heteroatoms. The molecule has 3 rings (SSSR count). The third-order valence-corrected chi connectivity index (χ3v) is 6.91. The van der Waals surface area contributed by atoms with Crippen LogP contribution in [-0.2, 0) is 0 Å². The van der Waals surface area contributed by atoms with Gasteiger partial charge < -0.3 is 0 Å². The molecule has 1 aromatic rings. The van der Waals surface area contributed by atoms with Gasteiger partial charge in [-0.2, -0.15) is 0 Å². The normalized spacial score (nSPS) is 22.0. The van der Waals surface area contributed by atoms with Crippen molar-refractivity contribution in [1.82, 2.24) is 9.80 Å². The van der Waals surface area contributed by atoms with Gasteiger partial charge in [-0.25, -0.2) is 0 Å². The predicted molar refractivity (Wildman–Crippen MR) is 94.3 cm³/mol. The maximum Gasteiger partial charge on any atom is 0.178 e. The van der Waals surface area contributed by atoms with Crippen molar-refractivity contribution in [2.45, 2.75) is 31.7 Å². The van der Waals surface area contributed by atoms with Crippen LogP contribution in [0.25, 0.3) is 0 Å². The second-order valence-corrected chi connectivity index (χ2v) is 9.66. The molecule has 2 aliphatic rings. The minimum absolute atomic E-state index is 0.221. The lowest BCUT2D eigenvalue weighted by atomic mass is 10.1. The SMILES string of the molecule is O=C(CN1CCN(C2CCCC2)CC1)c1cc(Br)sc1Br. The summed E-state index contributed by atoms with van der Waals surface area (Å²) in [7, 11) is 0. The Labute approximate surface area is 146 Å². The number of rotatable bonds is 4. The van der Waals surface area contributed by atoms with E-state index in [-0.39, 0.29) is 5.78 Å². The molecule has 0 bridgehead atoms. The van der Waals surface area contributed by atoms with Crippen molar-refractivity contribution in [3.8, 4) is 0 Å². The summed E-state index contributed by atoms with van der Waals surface area (Å²) in [6, 6.07) is 2.73. The molecule has 0 spiro atoms. The van der Waals surface area contributed by atoms with Gasteiger partial charge in [-0.1, -0.05) is 12.8 Å². The van der Waals surface area contributed by atoms with E-state index in [4.69, 9.17) is 0 Å². The Hall–Kier alpha value is 0.250. The molecule has 1 saturated heterocycles. The van der Waals surface area contributed by atoms with Crippen LogP contribution in [0.5, 0.6) is 0 Å². The first kappa shape index (κ1) is 16.1. The molecule has 0 radical (unpaired) electrons. The van der Waals surface area contributed by atoms with Crippen LogP contribution >= 0.6 is 43.2 Å². The molecule has 0 N–H and O–H groups in total. The molecule has 0 amide bonds. The average molecular weight is 436 g/mol. The van der Waals surface area contributed by atoms with Gasteiger partial charge in [0, 0.05) is 37.8 Å². The number of Topliss-reactive ketones (excluding diaryl/α,β-unsaturated/α-hetero) is 1. The number of halogens is 2. The lowest BCUT2D eigenvalue weighted by Gasteiger charge is -2.37. The van der Waals surface area contributed by atoms with Crippen molar-refractivity contribution in [3.05, 3.63) is 19.2 Å². The molecule has 1 aliphatic carbocycles. The first-order valence-electron chi connectivity index (χ1n) is 7.58. The fourth-order valence-electron chi connectivity index (χ4n) is 3.37. The zero-order valence-corrected chi connectivity index (χ0v) is 16.0. The Balaban J connectivity index is 1.51. The summed E-state index contributed by atoms with van der Waals surface area (Å²) >= 11 is 8.48. The average Bonchev–Trinajstić information content (AvgIpc) is 3.09. The predicted octanol–water partition coefficient (Wildman–Crippen LogP) is 4.02. The van der Waals surface area contributed by atoms with E-state index >= 15 is 0 Å². The number of thiophene rings is 1. The highest BCUT2D eigenvalue weighted by Crippen LogP contribution is 2.32. The number of hydrogen-bond acceptors (Lipinski definition) is 4. The van der Waals surface area contributed by atoms with Crippen molar-refractivity contribution in [2.24, 2.45) is 0 Å². The maximum absolute atomic E-state index is 12.4. The summed E-state index contributed by atoms with van der Waals surface area (Å²) in [6.07, 6.45) is 5.53. The number of carbonyl (C=O) groups excluding carboxylic acids is 1. The molecule has 1 saturated carbocycles. The zero-order valence-electron chi connectivity index (χ0n) is 12.0. The van der Waals surface area contributed by atoms with E-state index in [2.05, 4.69) is 41.7 Å². The monoisotopic (exact) mass is 434 g/mol. The third kappa shape index (κ3) is 3.96. The van der Waals surface area contributed by atoms with Crippen molar-refractivity contribution in [2.75, 3.05) is 32.7 Å². The second-order valence-electron chi connectivity index (χ2n) is 5.91. The van der Waals surface area contributed by atoms with Crippen LogP contribution in [0.15, 0.2) is 13.6 Å². The largest absolute Gasteiger partial charge is 0.298 e. The molecule has 116 valence electrons. The number of piperazine rings is 1. The highest BCUT2D eigenvalue weighted by molar-refractivity contribution is 9.12. The number of hydrogen-bond donors (Lipinski definition) is 0. The van der Waals surface area contributed by atoms with Gasteiger partial charge in [-0.05, 0) is 50.8 Å². The van der Waals surface area contributed by atoms with E-state index in [0.29, 0.717) is 6.54 Å². The van der Waals surface area contributed by atoms with E-state index in [1.165, 1.54) is 25.7 Å². The molecule has 2 fully saturated rings. The lowest BCUT2D eigenvalue weighted by Crippen LogP contribution is -2.50. The van der Waals surface area contributed by atoms with Gasteiger partial charge in [0.05, 0.1) is 14.1 Å². The molecular weight excluding hydrogens is 416 g/mol. The molecule has 3 nitrogen and oxygen atoms in total. The quantitative estimate of drug-likeness (QED) is 0.667. The first-order chi connectivity index (χ1) is 10.1. The summed E-state index contributed by atoms with van der Waals surface area (Å²) in [5, 5.41) is 0. The molecule has 2 heterocycles. The van der Waals surface area contributed by atoms with Crippen molar-refractivity contribution in [1.29, 1.82) is 0 Å². The molecule has 0 unspecified atom stereocenters. The van der Waals surface area contributed by atoms with Gasteiger partial charge in [-0.15, -0.1) is 11.3 Å². The van der Waals surface area contributed by atoms with Crippen LogP contribution in [-0.4, -0.2) is 54.3 Å². The molecule has 0 aromatic carbocycles. The smallest absolute Gasteiger partial charge is 0.178 e. The summed E-state index contributed by atoms with van der Waals surface area (Å²) in [4.78, 5) is 17.3. The van der Waals surface area contributed by atoms with Crippen LogP contribution < -0.4 is 0 Å². The van der Waals surface area contributed by atoms with Gasteiger partial charge in [-0.3, -0.25) is 14.6 Å². The summed E-state index contributed by atoms with van der Waals surface area (Å²) in [6.45, 7) is 4.81. The van der Waals surface area contributed by atoms with Gasteiger partial charge in [0.15, 0.2) is 5.78 Å². The van der Waals surface area contributed by atoms with Crippen LogP contribution in [0.3, 0.4) is 0 Å². The Morgan fingerprint density at radius 1 is 1.19 bits per heavy atom. The molecular formula is C15H20Br2N2OS. The molecule has 1 aliphatic heterocycles. The summed E-state index contributed by atoms with van der Waals surface area (Å²) in [5.41, 5.74) is 0.810. The highest BCUT2D eigenvalue weighted by atomic mass is 79.9. The van der Waals surface area contributed by atoms with Crippen molar-refractivity contribution >= 4 is 49.0 Å². The zero-order chi connectivity index (χ0) is 14.8. The second kappa shape index (κ2) is 7.21. The van der Waals surface area contributed by atoms with E-state index in [0.717, 1.165) is 45.4 Å². The van der Waals surface area contributed by atoms with Gasteiger partial charge in [0.25, 0.3) is 0 Å². The van der Waals surface area contributed by atoms with Crippen molar-refractivity contribution in [3.63, 3.8) is 0 Å². The van der Waals surface area contributed by atoms with E-state index in [1.54, 1.807) is 11.3 Å². The minimum atomic E-state index is 0.221. The van der Waals surface area contributed by atoms with Crippen LogP contribution in [0.4, 0.5) is 0 Å². The number of ketones is 1. The van der Waals surface area contributed by atoms with Crippen LogP contribution in [0.2, 0.25) is 0 Å². The fraction of sp³-hybridized carbons (Fsp3) is 0.667. The van der Waals surface area contributed by atoms with Gasteiger partial charge in [0.2, 0.25) is 0 Å². The van der Waals surface area contributed by atoms with Gasteiger partial charge >= 0.3 is 0 Å². The molecule has 1 aromatic heterocycles. The van der Waals surface area contributed by atoms with E-state index < -0.39 is 0 Å². The summed E-state index contributed by atoms with van der Waals surface area (Å²) in [5.74, 6) is 0.221. The Morgan fingerprint density at radius 3 is 2.43 bits per heavy atom. The van der Waals surface area contributed by atoms with E-state index in [9.17, 15) is 4.79 Å². The van der Waals surface area contributed by atoms with Gasteiger partial charge in [0.1, 0.15) is 0 Å². The maximum atomic E-state index is 12.4. The van der Waals surface area contributed by atoms with E-state index in [1.807, 2.05) is 6.07 Å².